The number of aromatic nitrogens is 1. The number of rotatable bonds is 5. The van der Waals surface area contributed by atoms with Gasteiger partial charge >= 0.3 is 0 Å². The molecule has 2 heterocycles. The molecule has 1 atom stereocenters. The van der Waals surface area contributed by atoms with E-state index in [0.29, 0.717) is 12.3 Å². The molecule has 2 fully saturated rings. The van der Waals surface area contributed by atoms with E-state index in [-0.39, 0.29) is 17.5 Å². The van der Waals surface area contributed by atoms with Crippen LogP contribution in [0.4, 0.5) is 0 Å². The quantitative estimate of drug-likeness (QED) is 0.814. The lowest BCUT2D eigenvalue weighted by molar-refractivity contribution is -0.119. The van der Waals surface area contributed by atoms with Crippen molar-refractivity contribution in [3.8, 4) is 0 Å². The molecule has 27 heavy (non-hydrogen) atoms. The average molecular weight is 383 g/mol. The maximum Gasteiger partial charge on any atom is 0.251 e. The summed E-state index contributed by atoms with van der Waals surface area (Å²) < 4.78 is 0. The zero-order valence-electron chi connectivity index (χ0n) is 15.3. The fourth-order valence-electron chi connectivity index (χ4n) is 3.68. The zero-order valence-corrected chi connectivity index (χ0v) is 16.1. The number of amides is 1. The SMILES string of the molecule is CCc1cc(C(=C[C@H]2CCC(=O)N2)c2ccc(C3CC3)c(=O)[nH]2)ccc1Cl. The van der Waals surface area contributed by atoms with Crippen LogP contribution in [0.3, 0.4) is 0 Å². The van der Waals surface area contributed by atoms with Crippen molar-refractivity contribution in [1.82, 2.24) is 10.3 Å². The molecule has 1 aromatic heterocycles. The molecule has 4 nitrogen and oxygen atoms in total. The molecule has 0 unspecified atom stereocenters. The largest absolute Gasteiger partial charge is 0.350 e. The Morgan fingerprint density at radius 2 is 2.00 bits per heavy atom. The van der Waals surface area contributed by atoms with E-state index in [2.05, 4.69) is 29.4 Å². The Kier molecular flexibility index (Phi) is 4.92. The van der Waals surface area contributed by atoms with Gasteiger partial charge in [-0.3, -0.25) is 9.59 Å². The molecule has 4 rings (SSSR count). The van der Waals surface area contributed by atoms with Crippen molar-refractivity contribution in [2.45, 2.75) is 51.0 Å². The molecule has 2 aliphatic rings. The van der Waals surface area contributed by atoms with Crippen LogP contribution in [0.2, 0.25) is 5.02 Å². The van der Waals surface area contributed by atoms with Crippen molar-refractivity contribution < 1.29 is 4.79 Å². The van der Waals surface area contributed by atoms with E-state index >= 15 is 0 Å². The van der Waals surface area contributed by atoms with Crippen LogP contribution in [0.25, 0.3) is 5.57 Å². The smallest absolute Gasteiger partial charge is 0.251 e. The first kappa shape index (κ1) is 18.1. The average Bonchev–Trinajstić information content (AvgIpc) is 3.42. The van der Waals surface area contributed by atoms with E-state index in [1.165, 1.54) is 0 Å². The van der Waals surface area contributed by atoms with Gasteiger partial charge in [0.25, 0.3) is 5.56 Å². The molecule has 2 aromatic rings. The van der Waals surface area contributed by atoms with Gasteiger partial charge in [-0.2, -0.15) is 0 Å². The van der Waals surface area contributed by atoms with E-state index in [1.54, 1.807) is 0 Å². The first-order valence-electron chi connectivity index (χ1n) is 9.58. The summed E-state index contributed by atoms with van der Waals surface area (Å²) in [6.45, 7) is 2.07. The number of carbonyl (C=O) groups is 1. The summed E-state index contributed by atoms with van der Waals surface area (Å²) in [6, 6.07) is 9.84. The van der Waals surface area contributed by atoms with Crippen molar-refractivity contribution in [3.63, 3.8) is 0 Å². The highest BCUT2D eigenvalue weighted by Crippen LogP contribution is 2.38. The summed E-state index contributed by atoms with van der Waals surface area (Å²) in [5.74, 6) is 0.477. The molecule has 1 saturated heterocycles. The fraction of sp³-hybridized carbons (Fsp3) is 0.364. The summed E-state index contributed by atoms with van der Waals surface area (Å²) >= 11 is 6.29. The Hall–Kier alpha value is -2.33. The van der Waals surface area contributed by atoms with E-state index < -0.39 is 0 Å². The van der Waals surface area contributed by atoms with Crippen LogP contribution in [0.5, 0.6) is 0 Å². The molecular weight excluding hydrogens is 360 g/mol. The van der Waals surface area contributed by atoms with Gasteiger partial charge in [0.1, 0.15) is 0 Å². The molecule has 1 amide bonds. The van der Waals surface area contributed by atoms with Gasteiger partial charge in [-0.05, 0) is 60.9 Å². The Labute approximate surface area is 163 Å². The molecule has 0 bridgehead atoms. The highest BCUT2D eigenvalue weighted by Gasteiger charge is 2.26. The number of aromatic amines is 1. The molecule has 1 aromatic carbocycles. The molecule has 1 saturated carbocycles. The van der Waals surface area contributed by atoms with E-state index in [1.807, 2.05) is 24.3 Å². The van der Waals surface area contributed by atoms with Crippen molar-refractivity contribution in [1.29, 1.82) is 0 Å². The van der Waals surface area contributed by atoms with Gasteiger partial charge in [-0.15, -0.1) is 0 Å². The second-order valence-corrected chi connectivity index (χ2v) is 7.79. The lowest BCUT2D eigenvalue weighted by atomic mass is 9.96. The number of pyridine rings is 1. The Morgan fingerprint density at radius 3 is 2.63 bits per heavy atom. The maximum absolute atomic E-state index is 12.6. The van der Waals surface area contributed by atoms with Crippen LogP contribution in [-0.2, 0) is 11.2 Å². The minimum absolute atomic E-state index is 0.0129. The maximum atomic E-state index is 12.6. The topological polar surface area (TPSA) is 62.0 Å². The standard InChI is InChI=1S/C22H23ClN2O2/c1-2-13-11-15(5-8-19(13)23)18(12-16-6-10-21(26)24-16)20-9-7-17(14-3-4-14)22(27)25-20/h5,7-9,11-12,14,16H,2-4,6,10H2,1H3,(H,24,26)(H,25,27)/t16-/m1/s1. The molecular formula is C22H23ClN2O2. The monoisotopic (exact) mass is 382 g/mol. The second-order valence-electron chi connectivity index (χ2n) is 7.38. The summed E-state index contributed by atoms with van der Waals surface area (Å²) in [4.78, 5) is 27.2. The molecule has 140 valence electrons. The summed E-state index contributed by atoms with van der Waals surface area (Å²) in [5.41, 5.74) is 4.61. The van der Waals surface area contributed by atoms with Gasteiger partial charge in [0.2, 0.25) is 5.91 Å². The fourth-order valence-corrected chi connectivity index (χ4v) is 3.93. The van der Waals surface area contributed by atoms with Crippen LogP contribution in [-0.4, -0.2) is 16.9 Å². The Morgan fingerprint density at radius 1 is 1.19 bits per heavy atom. The van der Waals surface area contributed by atoms with Gasteiger partial charge in [0, 0.05) is 34.3 Å². The second kappa shape index (κ2) is 7.35. The molecule has 1 aliphatic heterocycles. The number of aryl methyl sites for hydroxylation is 1. The van der Waals surface area contributed by atoms with Crippen molar-refractivity contribution in [3.05, 3.63) is 74.2 Å². The normalized spacial score (nSPS) is 20.0. The third kappa shape index (κ3) is 3.86. The third-order valence-electron chi connectivity index (χ3n) is 5.38. The summed E-state index contributed by atoms with van der Waals surface area (Å²) in [7, 11) is 0. The van der Waals surface area contributed by atoms with Gasteiger partial charge in [0.15, 0.2) is 0 Å². The Bertz CT molecular complexity index is 973. The van der Waals surface area contributed by atoms with Gasteiger partial charge in [0.05, 0.1) is 0 Å². The summed E-state index contributed by atoms with van der Waals surface area (Å²) in [5, 5.41) is 3.73. The van der Waals surface area contributed by atoms with Crippen molar-refractivity contribution in [2.75, 3.05) is 0 Å². The van der Waals surface area contributed by atoms with Gasteiger partial charge in [-0.25, -0.2) is 0 Å². The Balaban J connectivity index is 1.78. The summed E-state index contributed by atoms with van der Waals surface area (Å²) in [6.07, 6.45) is 6.37. The lowest BCUT2D eigenvalue weighted by Crippen LogP contribution is -2.23. The third-order valence-corrected chi connectivity index (χ3v) is 5.75. The van der Waals surface area contributed by atoms with Crippen LogP contribution in [0, 0.1) is 0 Å². The highest BCUT2D eigenvalue weighted by atomic mass is 35.5. The molecule has 0 radical (unpaired) electrons. The van der Waals surface area contributed by atoms with Crippen LogP contribution < -0.4 is 10.9 Å². The van der Waals surface area contributed by atoms with Gasteiger partial charge in [-0.1, -0.05) is 36.7 Å². The van der Waals surface area contributed by atoms with Crippen LogP contribution >= 0.6 is 11.6 Å². The molecule has 0 spiro atoms. The lowest BCUT2D eigenvalue weighted by Gasteiger charge is -2.14. The molecule has 2 N–H and O–H groups in total. The minimum Gasteiger partial charge on any atom is -0.350 e. The first-order chi connectivity index (χ1) is 13.0. The highest BCUT2D eigenvalue weighted by molar-refractivity contribution is 6.31. The van der Waals surface area contributed by atoms with Crippen LogP contribution in [0.1, 0.15) is 60.9 Å². The van der Waals surface area contributed by atoms with E-state index in [0.717, 1.165) is 58.7 Å². The number of benzene rings is 1. The number of nitrogens with one attached hydrogen (secondary N) is 2. The van der Waals surface area contributed by atoms with Crippen molar-refractivity contribution in [2.24, 2.45) is 0 Å². The van der Waals surface area contributed by atoms with E-state index in [4.69, 9.17) is 11.6 Å². The van der Waals surface area contributed by atoms with E-state index in [9.17, 15) is 9.59 Å². The number of carbonyl (C=O) groups excluding carboxylic acids is 1. The molecule has 1 aliphatic carbocycles. The predicted octanol–water partition coefficient (Wildman–Crippen LogP) is 4.18. The zero-order chi connectivity index (χ0) is 19.0. The number of hydrogen-bond acceptors (Lipinski definition) is 2. The van der Waals surface area contributed by atoms with Gasteiger partial charge < -0.3 is 10.3 Å². The number of hydrogen-bond donors (Lipinski definition) is 2. The first-order valence-corrected chi connectivity index (χ1v) is 9.96. The number of H-pyrrole nitrogens is 1. The predicted molar refractivity (Wildman–Crippen MR) is 108 cm³/mol. The van der Waals surface area contributed by atoms with Crippen molar-refractivity contribution >= 4 is 23.1 Å². The van der Waals surface area contributed by atoms with Crippen LogP contribution in [0.15, 0.2) is 41.2 Å². The number of halogens is 1. The molecule has 5 heteroatoms. The minimum atomic E-state index is -0.0279.